The number of nitrogen functional groups attached to an aromatic ring is 1. The summed E-state index contributed by atoms with van der Waals surface area (Å²) in [6.45, 7) is 0. The molecular formula is C12H11Cl2N3O2S. The second-order valence-electron chi connectivity index (χ2n) is 4.08. The van der Waals surface area contributed by atoms with Gasteiger partial charge in [0.1, 0.15) is 0 Å². The number of primary sulfonamides is 1. The molecule has 8 heteroatoms. The normalized spacial score (nSPS) is 11.3. The fraction of sp³-hybridized carbons (Fsp3) is 0. The quantitative estimate of drug-likeness (QED) is 0.753. The highest BCUT2D eigenvalue weighted by atomic mass is 35.5. The average Bonchev–Trinajstić information content (AvgIpc) is 2.29. The Labute approximate surface area is 126 Å². The first-order valence-electron chi connectivity index (χ1n) is 5.41. The Hall–Kier alpha value is -1.47. The maximum atomic E-state index is 11.2. The van der Waals surface area contributed by atoms with E-state index >= 15 is 0 Å². The van der Waals surface area contributed by atoms with Gasteiger partial charge in [-0.25, -0.2) is 13.6 Å². The van der Waals surface area contributed by atoms with Gasteiger partial charge in [0.2, 0.25) is 10.0 Å². The lowest BCUT2D eigenvalue weighted by Gasteiger charge is -2.11. The second-order valence-corrected chi connectivity index (χ2v) is 6.51. The molecule has 0 amide bonds. The van der Waals surface area contributed by atoms with E-state index in [1.165, 1.54) is 18.2 Å². The molecule has 0 aliphatic carbocycles. The fourth-order valence-electron chi connectivity index (χ4n) is 1.61. The third-order valence-corrected chi connectivity index (χ3v) is 3.84. The second kappa shape index (κ2) is 5.49. The van der Waals surface area contributed by atoms with Gasteiger partial charge in [0.05, 0.1) is 16.3 Å². The van der Waals surface area contributed by atoms with Crippen LogP contribution in [0, 0.1) is 0 Å². The molecule has 5 nitrogen and oxygen atoms in total. The van der Waals surface area contributed by atoms with Crippen molar-refractivity contribution >= 4 is 50.3 Å². The van der Waals surface area contributed by atoms with Crippen LogP contribution in [-0.4, -0.2) is 8.42 Å². The van der Waals surface area contributed by atoms with Gasteiger partial charge < -0.3 is 11.1 Å². The van der Waals surface area contributed by atoms with Gasteiger partial charge in [-0.2, -0.15) is 0 Å². The summed E-state index contributed by atoms with van der Waals surface area (Å²) in [4.78, 5) is -0.0512. The van der Waals surface area contributed by atoms with Crippen LogP contribution in [-0.2, 0) is 10.0 Å². The summed E-state index contributed by atoms with van der Waals surface area (Å²) in [7, 11) is -3.78. The van der Waals surface area contributed by atoms with Gasteiger partial charge >= 0.3 is 0 Å². The molecule has 0 unspecified atom stereocenters. The molecule has 20 heavy (non-hydrogen) atoms. The van der Waals surface area contributed by atoms with E-state index in [1.54, 1.807) is 18.2 Å². The first kappa shape index (κ1) is 14.9. The Morgan fingerprint density at radius 2 is 1.60 bits per heavy atom. The summed E-state index contributed by atoms with van der Waals surface area (Å²) in [6.07, 6.45) is 0. The minimum Gasteiger partial charge on any atom is -0.397 e. The van der Waals surface area contributed by atoms with Crippen LogP contribution in [0.25, 0.3) is 0 Å². The molecule has 0 aliphatic heterocycles. The van der Waals surface area contributed by atoms with E-state index in [9.17, 15) is 8.42 Å². The zero-order valence-electron chi connectivity index (χ0n) is 10.1. The SMILES string of the molecule is Nc1cc(S(N)(=O)=O)ccc1Nc1cc(Cl)cc(Cl)c1. The van der Waals surface area contributed by atoms with Crippen LogP contribution in [0.5, 0.6) is 0 Å². The number of anilines is 3. The van der Waals surface area contributed by atoms with E-state index in [2.05, 4.69) is 5.32 Å². The molecule has 0 heterocycles. The van der Waals surface area contributed by atoms with Crippen molar-refractivity contribution in [3.63, 3.8) is 0 Å². The van der Waals surface area contributed by atoms with Crippen molar-refractivity contribution in [3.05, 3.63) is 46.4 Å². The van der Waals surface area contributed by atoms with Gasteiger partial charge in [0.25, 0.3) is 0 Å². The van der Waals surface area contributed by atoms with E-state index < -0.39 is 10.0 Å². The summed E-state index contributed by atoms with van der Waals surface area (Å²) in [6, 6.07) is 9.09. The Kier molecular flexibility index (Phi) is 4.10. The molecule has 5 N–H and O–H groups in total. The Balaban J connectivity index is 2.35. The largest absolute Gasteiger partial charge is 0.397 e. The van der Waals surface area contributed by atoms with Crippen molar-refractivity contribution < 1.29 is 8.42 Å². The van der Waals surface area contributed by atoms with E-state index in [-0.39, 0.29) is 10.6 Å². The van der Waals surface area contributed by atoms with Crippen LogP contribution in [0.1, 0.15) is 0 Å². The molecule has 2 aromatic carbocycles. The molecule has 0 saturated heterocycles. The van der Waals surface area contributed by atoms with Crippen molar-refractivity contribution in [2.45, 2.75) is 4.90 Å². The van der Waals surface area contributed by atoms with E-state index in [4.69, 9.17) is 34.1 Å². The number of nitrogens with two attached hydrogens (primary N) is 2. The lowest BCUT2D eigenvalue weighted by atomic mass is 10.2. The van der Waals surface area contributed by atoms with Crippen molar-refractivity contribution in [2.75, 3.05) is 11.1 Å². The number of rotatable bonds is 3. The summed E-state index contributed by atoms with van der Waals surface area (Å²) in [5, 5.41) is 8.98. The average molecular weight is 332 g/mol. The van der Waals surface area contributed by atoms with Crippen LogP contribution >= 0.6 is 23.2 Å². The number of hydrogen-bond acceptors (Lipinski definition) is 4. The standard InChI is InChI=1S/C12H11Cl2N3O2S/c13-7-3-8(14)5-9(4-7)17-12-2-1-10(6-11(12)15)20(16,18)19/h1-6,17H,15H2,(H2,16,18,19). The minimum atomic E-state index is -3.78. The monoisotopic (exact) mass is 331 g/mol. The molecule has 0 atom stereocenters. The van der Waals surface area contributed by atoms with Crippen molar-refractivity contribution in [1.82, 2.24) is 0 Å². The number of nitrogens with one attached hydrogen (secondary N) is 1. The number of sulfonamides is 1. The number of benzene rings is 2. The number of hydrogen-bond donors (Lipinski definition) is 3. The van der Waals surface area contributed by atoms with Crippen LogP contribution in [0.15, 0.2) is 41.3 Å². The van der Waals surface area contributed by atoms with Gasteiger partial charge in [-0.3, -0.25) is 0 Å². The summed E-state index contributed by atoms with van der Waals surface area (Å²) in [5.74, 6) is 0. The molecule has 0 radical (unpaired) electrons. The lowest BCUT2D eigenvalue weighted by molar-refractivity contribution is 0.598. The lowest BCUT2D eigenvalue weighted by Crippen LogP contribution is -2.12. The van der Waals surface area contributed by atoms with Crippen LogP contribution in [0.2, 0.25) is 10.0 Å². The zero-order chi connectivity index (χ0) is 14.9. The maximum Gasteiger partial charge on any atom is 0.238 e. The molecule has 2 aromatic rings. The van der Waals surface area contributed by atoms with Gasteiger partial charge in [-0.1, -0.05) is 23.2 Å². The summed E-state index contributed by atoms with van der Waals surface area (Å²) >= 11 is 11.8. The summed E-state index contributed by atoms with van der Waals surface area (Å²) in [5.41, 5.74) is 7.20. The molecule has 0 aliphatic rings. The van der Waals surface area contributed by atoms with Crippen molar-refractivity contribution in [2.24, 2.45) is 5.14 Å². The number of halogens is 2. The first-order chi connectivity index (χ1) is 9.25. The Morgan fingerprint density at radius 1 is 1.00 bits per heavy atom. The minimum absolute atomic E-state index is 0.0512. The van der Waals surface area contributed by atoms with Crippen molar-refractivity contribution in [1.29, 1.82) is 0 Å². The third kappa shape index (κ3) is 3.55. The molecule has 0 aromatic heterocycles. The van der Waals surface area contributed by atoms with Crippen LogP contribution in [0.4, 0.5) is 17.1 Å². The van der Waals surface area contributed by atoms with Crippen LogP contribution < -0.4 is 16.2 Å². The molecule has 0 fully saturated rings. The van der Waals surface area contributed by atoms with Gasteiger partial charge in [0, 0.05) is 15.7 Å². The third-order valence-electron chi connectivity index (χ3n) is 2.49. The van der Waals surface area contributed by atoms with Gasteiger partial charge in [0.15, 0.2) is 0 Å². The molecule has 106 valence electrons. The molecule has 0 saturated carbocycles. The molecule has 2 rings (SSSR count). The predicted octanol–water partition coefficient (Wildman–Crippen LogP) is 2.97. The van der Waals surface area contributed by atoms with Gasteiger partial charge in [-0.05, 0) is 36.4 Å². The summed E-state index contributed by atoms with van der Waals surface area (Å²) < 4.78 is 22.4. The van der Waals surface area contributed by atoms with Crippen LogP contribution in [0.3, 0.4) is 0 Å². The van der Waals surface area contributed by atoms with Gasteiger partial charge in [-0.15, -0.1) is 0 Å². The molecular weight excluding hydrogens is 321 g/mol. The van der Waals surface area contributed by atoms with E-state index in [1.807, 2.05) is 0 Å². The Bertz CT molecular complexity index is 743. The maximum absolute atomic E-state index is 11.2. The molecule has 0 spiro atoms. The highest BCUT2D eigenvalue weighted by Crippen LogP contribution is 2.29. The fourth-order valence-corrected chi connectivity index (χ4v) is 2.69. The van der Waals surface area contributed by atoms with E-state index in [0.717, 1.165) is 0 Å². The zero-order valence-corrected chi connectivity index (χ0v) is 12.4. The smallest absolute Gasteiger partial charge is 0.238 e. The van der Waals surface area contributed by atoms with Crippen molar-refractivity contribution in [3.8, 4) is 0 Å². The highest BCUT2D eigenvalue weighted by Gasteiger charge is 2.10. The highest BCUT2D eigenvalue weighted by molar-refractivity contribution is 7.89. The predicted molar refractivity (Wildman–Crippen MR) is 82.0 cm³/mol. The topological polar surface area (TPSA) is 98.2 Å². The Morgan fingerprint density at radius 3 is 2.10 bits per heavy atom. The molecule has 0 bridgehead atoms. The van der Waals surface area contributed by atoms with E-state index in [0.29, 0.717) is 21.4 Å². The first-order valence-corrected chi connectivity index (χ1v) is 7.71.